The fourth-order valence-electron chi connectivity index (χ4n) is 9.49. The van der Waals surface area contributed by atoms with Crippen LogP contribution >= 0.6 is 0 Å². The largest absolute Gasteiger partial charge is 0.386 e. The Morgan fingerprint density at radius 1 is 0.926 bits per heavy atom. The van der Waals surface area contributed by atoms with Crippen LogP contribution in [-0.2, 0) is 4.74 Å². The lowest BCUT2D eigenvalue weighted by Gasteiger charge is -2.59. The first-order valence-corrected chi connectivity index (χ1v) is 12.0. The van der Waals surface area contributed by atoms with E-state index in [1.54, 1.807) is 0 Å². The van der Waals surface area contributed by atoms with Crippen LogP contribution in [0.25, 0.3) is 0 Å². The molecule has 4 aliphatic carbocycles. The number of quaternary nitrogens is 1. The van der Waals surface area contributed by atoms with E-state index in [1.807, 2.05) is 0 Å². The van der Waals surface area contributed by atoms with Crippen LogP contribution in [-0.4, -0.2) is 54.1 Å². The van der Waals surface area contributed by atoms with E-state index in [1.165, 1.54) is 70.9 Å². The highest BCUT2D eigenvalue weighted by atomic mass is 16.6. The molecule has 0 unspecified atom stereocenters. The number of fused-ring (bicyclic) bond motifs is 6. The predicted molar refractivity (Wildman–Crippen MR) is 106 cm³/mol. The van der Waals surface area contributed by atoms with Gasteiger partial charge in [0.1, 0.15) is 12.1 Å². The zero-order chi connectivity index (χ0) is 18.6. The summed E-state index contributed by atoms with van der Waals surface area (Å²) in [5.41, 5.74) is 0.684. The Kier molecular flexibility index (Phi) is 3.62. The first-order chi connectivity index (χ1) is 12.9. The van der Waals surface area contributed by atoms with E-state index in [9.17, 15) is 5.11 Å². The molecular formula is C24H40NO2+. The van der Waals surface area contributed by atoms with Crippen molar-refractivity contribution in [2.24, 2.45) is 34.5 Å². The number of likely N-dealkylation sites (tertiary alicyclic amines) is 1. The molecule has 0 radical (unpaired) electrons. The zero-order valence-electron chi connectivity index (χ0n) is 17.7. The van der Waals surface area contributed by atoms with Gasteiger partial charge in [0.05, 0.1) is 32.3 Å². The highest BCUT2D eigenvalue weighted by molar-refractivity contribution is 5.14. The van der Waals surface area contributed by atoms with Crippen molar-refractivity contribution in [1.82, 2.24) is 0 Å². The smallest absolute Gasteiger partial charge is 0.116 e. The molecule has 152 valence electrons. The van der Waals surface area contributed by atoms with Crippen molar-refractivity contribution in [1.29, 1.82) is 0 Å². The van der Waals surface area contributed by atoms with Crippen LogP contribution in [0.4, 0.5) is 0 Å². The van der Waals surface area contributed by atoms with Gasteiger partial charge in [-0.3, -0.25) is 0 Å². The van der Waals surface area contributed by atoms with Gasteiger partial charge in [0.2, 0.25) is 0 Å². The quantitative estimate of drug-likeness (QED) is 0.556. The molecule has 1 N–H and O–H groups in total. The molecule has 2 saturated heterocycles. The van der Waals surface area contributed by atoms with E-state index >= 15 is 0 Å². The van der Waals surface area contributed by atoms with E-state index in [2.05, 4.69) is 20.9 Å². The summed E-state index contributed by atoms with van der Waals surface area (Å²) in [4.78, 5) is 0. The van der Waals surface area contributed by atoms with Crippen LogP contribution in [0.3, 0.4) is 0 Å². The average Bonchev–Trinajstić information content (AvgIpc) is 3.12. The molecule has 0 aromatic rings. The summed E-state index contributed by atoms with van der Waals surface area (Å²) in [5, 5.41) is 11.6. The number of aliphatic hydroxyl groups excluding tert-OH is 1. The molecule has 6 aliphatic rings. The standard InChI is InChI=1S/C24H40NO2/c1-23-9-8-17-16(7-6-15-12-20-21(27-20)14-24(15,17)2)18(23)13-19(22(23)26)25(3)10-4-5-11-25/h15-22,26H,4-14H2,1-3H3/q+1/t15-,16+,17-,18-,19-,20-,21-,22+,23-,24-/m0/s1. The monoisotopic (exact) mass is 374 g/mol. The van der Waals surface area contributed by atoms with Crippen molar-refractivity contribution in [3.8, 4) is 0 Å². The van der Waals surface area contributed by atoms with E-state index in [0.29, 0.717) is 23.7 Å². The minimum absolute atomic E-state index is 0.0837. The van der Waals surface area contributed by atoms with Gasteiger partial charge in [-0.1, -0.05) is 13.8 Å². The molecule has 0 bridgehead atoms. The molecule has 10 atom stereocenters. The van der Waals surface area contributed by atoms with Gasteiger partial charge in [-0.25, -0.2) is 0 Å². The molecular weight excluding hydrogens is 334 g/mol. The van der Waals surface area contributed by atoms with Crippen LogP contribution in [0, 0.1) is 34.5 Å². The second-order valence-electron chi connectivity index (χ2n) is 12.2. The van der Waals surface area contributed by atoms with Crippen LogP contribution in [0.15, 0.2) is 0 Å². The number of likely N-dealkylation sites (N-methyl/N-ethyl adjacent to an activating group) is 1. The average molecular weight is 375 g/mol. The van der Waals surface area contributed by atoms with Gasteiger partial charge in [0, 0.05) is 24.7 Å². The second-order valence-corrected chi connectivity index (χ2v) is 12.2. The summed E-state index contributed by atoms with van der Waals surface area (Å²) < 4.78 is 7.15. The highest BCUT2D eigenvalue weighted by Gasteiger charge is 2.67. The van der Waals surface area contributed by atoms with E-state index in [4.69, 9.17) is 4.74 Å². The molecule has 4 saturated carbocycles. The molecule has 6 fully saturated rings. The number of epoxide rings is 1. The third-order valence-corrected chi connectivity index (χ3v) is 11.3. The maximum atomic E-state index is 11.6. The number of nitrogens with zero attached hydrogens (tertiary/aromatic N) is 1. The summed E-state index contributed by atoms with van der Waals surface area (Å²) in [6.07, 6.45) is 13.3. The van der Waals surface area contributed by atoms with Gasteiger partial charge in [-0.2, -0.15) is 0 Å². The number of rotatable bonds is 1. The van der Waals surface area contributed by atoms with Gasteiger partial charge < -0.3 is 14.3 Å². The van der Waals surface area contributed by atoms with Gasteiger partial charge in [0.15, 0.2) is 0 Å². The molecule has 0 amide bonds. The predicted octanol–water partition coefficient (Wildman–Crippen LogP) is 3.99. The molecule has 0 aromatic carbocycles. The SMILES string of the molecule is C[C@]12C[C@@H]3O[C@H]3C[C@@H]1CC[C@@H]1[C@@H]2CC[C@]2(C)[C@H](O)[C@@H]([N+]3(C)CCCC3)C[C@@H]12. The van der Waals surface area contributed by atoms with E-state index in [-0.39, 0.29) is 11.5 Å². The topological polar surface area (TPSA) is 32.8 Å². The Hall–Kier alpha value is -0.120. The maximum absolute atomic E-state index is 11.6. The van der Waals surface area contributed by atoms with Gasteiger partial charge in [-0.15, -0.1) is 0 Å². The van der Waals surface area contributed by atoms with Crippen molar-refractivity contribution in [3.05, 3.63) is 0 Å². The minimum Gasteiger partial charge on any atom is -0.386 e. The fraction of sp³-hybridized carbons (Fsp3) is 1.00. The fourth-order valence-corrected chi connectivity index (χ4v) is 9.49. The third kappa shape index (κ3) is 2.26. The first kappa shape index (κ1) is 17.7. The normalized spacial score (nSPS) is 60.9. The molecule has 27 heavy (non-hydrogen) atoms. The number of ether oxygens (including phenoxy) is 1. The lowest BCUT2D eigenvalue weighted by Crippen LogP contribution is -2.56. The Labute approximate surface area is 165 Å². The molecule has 0 spiro atoms. The van der Waals surface area contributed by atoms with Gasteiger partial charge >= 0.3 is 0 Å². The van der Waals surface area contributed by atoms with Crippen LogP contribution in [0.5, 0.6) is 0 Å². The van der Waals surface area contributed by atoms with Crippen molar-refractivity contribution in [2.45, 2.75) is 96.0 Å². The number of hydrogen-bond donors (Lipinski definition) is 1. The Balaban J connectivity index is 1.31. The number of hydrogen-bond acceptors (Lipinski definition) is 2. The summed E-state index contributed by atoms with van der Waals surface area (Å²) in [6, 6.07) is 0.495. The van der Waals surface area contributed by atoms with Crippen molar-refractivity contribution in [2.75, 3.05) is 20.1 Å². The number of aliphatic hydroxyl groups is 1. The van der Waals surface area contributed by atoms with Gasteiger partial charge in [-0.05, 0) is 67.6 Å². The molecule has 3 nitrogen and oxygen atoms in total. The molecule has 2 heterocycles. The van der Waals surface area contributed by atoms with E-state index in [0.717, 1.165) is 28.2 Å². The molecule has 3 heteroatoms. The first-order valence-electron chi connectivity index (χ1n) is 12.0. The minimum atomic E-state index is -0.0837. The van der Waals surface area contributed by atoms with Crippen LogP contribution < -0.4 is 0 Å². The summed E-state index contributed by atoms with van der Waals surface area (Å²) in [7, 11) is 2.45. The van der Waals surface area contributed by atoms with Crippen molar-refractivity contribution >= 4 is 0 Å². The highest BCUT2D eigenvalue weighted by Crippen LogP contribution is 2.68. The summed E-state index contributed by atoms with van der Waals surface area (Å²) in [5.74, 6) is 3.39. The Morgan fingerprint density at radius 2 is 1.70 bits per heavy atom. The van der Waals surface area contributed by atoms with Crippen molar-refractivity contribution in [3.63, 3.8) is 0 Å². The van der Waals surface area contributed by atoms with Crippen molar-refractivity contribution < 1.29 is 14.3 Å². The summed E-state index contributed by atoms with van der Waals surface area (Å²) in [6.45, 7) is 7.68. The van der Waals surface area contributed by atoms with E-state index < -0.39 is 0 Å². The van der Waals surface area contributed by atoms with Gasteiger partial charge in [0.25, 0.3) is 0 Å². The lowest BCUT2D eigenvalue weighted by molar-refractivity contribution is -0.925. The lowest BCUT2D eigenvalue weighted by atomic mass is 9.45. The van der Waals surface area contributed by atoms with Crippen LogP contribution in [0.1, 0.15) is 71.6 Å². The Bertz CT molecular complexity index is 630. The zero-order valence-corrected chi connectivity index (χ0v) is 17.7. The molecule has 2 aliphatic heterocycles. The molecule has 0 aromatic heterocycles. The van der Waals surface area contributed by atoms with Crippen LogP contribution in [0.2, 0.25) is 0 Å². The molecule has 6 rings (SSSR count). The third-order valence-electron chi connectivity index (χ3n) is 11.3. The summed E-state index contributed by atoms with van der Waals surface area (Å²) >= 11 is 0. The second kappa shape index (κ2) is 5.52. The maximum Gasteiger partial charge on any atom is 0.116 e. The Morgan fingerprint density at radius 3 is 2.48 bits per heavy atom.